The molecule has 1 rings (SSSR count). The molecule has 0 amide bonds. The molecule has 1 saturated heterocycles. The molecule has 3 heteroatoms. The average Bonchev–Trinajstić information content (AvgIpc) is 2.12. The number of nitrogens with one attached hydrogen (secondary N) is 1. The minimum Gasteiger partial charge on any atom is -0.389 e. The van der Waals surface area contributed by atoms with Gasteiger partial charge in [0.05, 0.1) is 12.7 Å². The highest BCUT2D eigenvalue weighted by Gasteiger charge is 2.18. The molecule has 1 aliphatic heterocycles. The van der Waals surface area contributed by atoms with E-state index < -0.39 is 6.10 Å². The molecule has 0 aromatic carbocycles. The molecule has 2 N–H and O–H groups in total. The third kappa shape index (κ3) is 1.18. The zero-order valence-corrected chi connectivity index (χ0v) is 4.92. The first-order valence-corrected chi connectivity index (χ1v) is 2.84. The maximum absolute atomic E-state index is 8.86. The zero-order valence-electron chi connectivity index (χ0n) is 4.92. The fourth-order valence-corrected chi connectivity index (χ4v) is 0.756. The van der Waals surface area contributed by atoms with Gasteiger partial charge in [-0.15, -0.1) is 0 Å². The van der Waals surface area contributed by atoms with E-state index in [0.29, 0.717) is 0 Å². The summed E-state index contributed by atoms with van der Waals surface area (Å²) in [6.07, 6.45) is -0.521. The van der Waals surface area contributed by atoms with Crippen LogP contribution in [0.1, 0.15) is 6.92 Å². The average molecular weight is 117 g/mol. The summed E-state index contributed by atoms with van der Waals surface area (Å²) in [5.74, 6) is 0. The largest absolute Gasteiger partial charge is 0.389 e. The topological polar surface area (TPSA) is 41.5 Å². The molecule has 3 nitrogen and oxygen atoms in total. The van der Waals surface area contributed by atoms with Crippen LogP contribution in [-0.2, 0) is 4.74 Å². The Labute approximate surface area is 48.7 Å². The van der Waals surface area contributed by atoms with Crippen LogP contribution >= 0.6 is 0 Å². The minimum atomic E-state index is -0.391. The predicted octanol–water partition coefficient (Wildman–Crippen LogP) is -0.687. The van der Waals surface area contributed by atoms with Crippen LogP contribution in [0, 0.1) is 0 Å². The highest BCUT2D eigenvalue weighted by Crippen LogP contribution is 1.99. The quantitative estimate of drug-likeness (QED) is 0.478. The van der Waals surface area contributed by atoms with Crippen molar-refractivity contribution in [3.63, 3.8) is 0 Å². The Morgan fingerprint density at radius 1 is 1.88 bits per heavy atom. The maximum atomic E-state index is 8.86. The van der Waals surface area contributed by atoms with Crippen LogP contribution in [0.2, 0.25) is 0 Å². The summed E-state index contributed by atoms with van der Waals surface area (Å²) in [7, 11) is 0. The van der Waals surface area contributed by atoms with Gasteiger partial charge in [-0.05, 0) is 6.92 Å². The third-order valence-electron chi connectivity index (χ3n) is 1.18. The highest BCUT2D eigenvalue weighted by atomic mass is 16.5. The maximum Gasteiger partial charge on any atom is 0.134 e. The number of aliphatic hydroxyl groups is 1. The Bertz CT molecular complexity index is 68.8. The summed E-state index contributed by atoms with van der Waals surface area (Å²) in [5.41, 5.74) is 0. The number of aliphatic hydroxyl groups excluding tert-OH is 1. The molecule has 48 valence electrons. The van der Waals surface area contributed by atoms with Crippen LogP contribution < -0.4 is 5.32 Å². The van der Waals surface area contributed by atoms with Crippen molar-refractivity contribution in [3.8, 4) is 0 Å². The molecule has 0 bridgehead atoms. The van der Waals surface area contributed by atoms with Gasteiger partial charge in [0.25, 0.3) is 0 Å². The van der Waals surface area contributed by atoms with Crippen molar-refractivity contribution in [1.82, 2.24) is 5.32 Å². The molecular formula is C5H11NO2. The van der Waals surface area contributed by atoms with Gasteiger partial charge in [0.2, 0.25) is 0 Å². The van der Waals surface area contributed by atoms with Gasteiger partial charge in [-0.2, -0.15) is 0 Å². The fourth-order valence-electron chi connectivity index (χ4n) is 0.756. The van der Waals surface area contributed by atoms with Crippen molar-refractivity contribution in [2.75, 3.05) is 13.2 Å². The fraction of sp³-hybridized carbons (Fsp3) is 1.00. The van der Waals surface area contributed by atoms with Crippen molar-refractivity contribution in [1.29, 1.82) is 0 Å². The van der Waals surface area contributed by atoms with E-state index in [1.54, 1.807) is 6.92 Å². The van der Waals surface area contributed by atoms with Gasteiger partial charge in [-0.1, -0.05) is 0 Å². The Kier molecular flexibility index (Phi) is 1.83. The van der Waals surface area contributed by atoms with E-state index in [-0.39, 0.29) is 6.23 Å². The molecule has 1 fully saturated rings. The van der Waals surface area contributed by atoms with Gasteiger partial charge in [0.15, 0.2) is 0 Å². The monoisotopic (exact) mass is 117 g/mol. The molecule has 2 atom stereocenters. The van der Waals surface area contributed by atoms with Crippen molar-refractivity contribution in [3.05, 3.63) is 0 Å². The van der Waals surface area contributed by atoms with E-state index in [1.165, 1.54) is 0 Å². The number of hydrogen-bond acceptors (Lipinski definition) is 3. The summed E-state index contributed by atoms with van der Waals surface area (Å²) in [5, 5.41) is 11.8. The first-order valence-electron chi connectivity index (χ1n) is 2.84. The lowest BCUT2D eigenvalue weighted by Crippen LogP contribution is -2.33. The van der Waals surface area contributed by atoms with E-state index in [4.69, 9.17) is 9.84 Å². The van der Waals surface area contributed by atoms with Gasteiger partial charge >= 0.3 is 0 Å². The summed E-state index contributed by atoms with van der Waals surface area (Å²) in [4.78, 5) is 0. The molecule has 2 unspecified atom stereocenters. The van der Waals surface area contributed by atoms with Gasteiger partial charge in [-0.3, -0.25) is 5.32 Å². The van der Waals surface area contributed by atoms with E-state index in [9.17, 15) is 0 Å². The summed E-state index contributed by atoms with van der Waals surface area (Å²) < 4.78 is 5.05. The Morgan fingerprint density at radius 2 is 2.62 bits per heavy atom. The van der Waals surface area contributed by atoms with Crippen LogP contribution in [0.4, 0.5) is 0 Å². The number of ether oxygens (including phenoxy) is 1. The number of hydrogen-bond donors (Lipinski definition) is 2. The van der Waals surface area contributed by atoms with Crippen LogP contribution in [-0.4, -0.2) is 30.6 Å². The lowest BCUT2D eigenvalue weighted by molar-refractivity contribution is -0.00118. The normalized spacial score (nSPS) is 33.0. The molecule has 1 heterocycles. The molecule has 0 spiro atoms. The van der Waals surface area contributed by atoms with E-state index in [1.807, 2.05) is 0 Å². The van der Waals surface area contributed by atoms with Crippen LogP contribution in [0.15, 0.2) is 0 Å². The van der Waals surface area contributed by atoms with Gasteiger partial charge in [-0.25, -0.2) is 0 Å². The minimum absolute atomic E-state index is 0.130. The highest BCUT2D eigenvalue weighted by molar-refractivity contribution is 4.66. The van der Waals surface area contributed by atoms with Crippen molar-refractivity contribution in [2.45, 2.75) is 19.3 Å². The molecule has 0 aromatic heterocycles. The van der Waals surface area contributed by atoms with Crippen LogP contribution in [0.3, 0.4) is 0 Å². The summed E-state index contributed by atoms with van der Waals surface area (Å²) in [6, 6.07) is 0. The predicted molar refractivity (Wildman–Crippen MR) is 29.4 cm³/mol. The summed E-state index contributed by atoms with van der Waals surface area (Å²) in [6.45, 7) is 3.29. The second-order valence-electron chi connectivity index (χ2n) is 1.99. The van der Waals surface area contributed by atoms with E-state index in [0.717, 1.165) is 13.2 Å². The lowest BCUT2D eigenvalue weighted by atomic mass is 10.4. The second kappa shape index (κ2) is 2.44. The smallest absolute Gasteiger partial charge is 0.134 e. The molecule has 0 radical (unpaired) electrons. The SMILES string of the molecule is CC(O)C1NCCO1. The first-order chi connectivity index (χ1) is 3.80. The standard InChI is InChI=1S/C5H11NO2/c1-4(7)5-6-2-3-8-5/h4-7H,2-3H2,1H3. The van der Waals surface area contributed by atoms with Crippen molar-refractivity contribution >= 4 is 0 Å². The zero-order chi connectivity index (χ0) is 5.98. The van der Waals surface area contributed by atoms with Crippen molar-refractivity contribution in [2.24, 2.45) is 0 Å². The molecule has 8 heavy (non-hydrogen) atoms. The van der Waals surface area contributed by atoms with Crippen molar-refractivity contribution < 1.29 is 9.84 Å². The Hall–Kier alpha value is -0.120. The van der Waals surface area contributed by atoms with Gasteiger partial charge in [0, 0.05) is 6.54 Å². The van der Waals surface area contributed by atoms with Gasteiger partial charge < -0.3 is 9.84 Å². The third-order valence-corrected chi connectivity index (χ3v) is 1.18. The van der Waals surface area contributed by atoms with Crippen LogP contribution in [0.25, 0.3) is 0 Å². The Morgan fingerprint density at radius 3 is 2.88 bits per heavy atom. The van der Waals surface area contributed by atoms with Gasteiger partial charge in [0.1, 0.15) is 6.23 Å². The molecule has 0 aromatic rings. The van der Waals surface area contributed by atoms with E-state index in [2.05, 4.69) is 5.32 Å². The molecule has 0 saturated carbocycles. The molecule has 0 aliphatic carbocycles. The second-order valence-corrected chi connectivity index (χ2v) is 1.99. The lowest BCUT2D eigenvalue weighted by Gasteiger charge is -2.11. The van der Waals surface area contributed by atoms with Crippen LogP contribution in [0.5, 0.6) is 0 Å². The molecular weight excluding hydrogens is 106 g/mol. The Balaban J connectivity index is 2.24. The summed E-state index contributed by atoms with van der Waals surface area (Å²) >= 11 is 0. The molecule has 1 aliphatic rings. The van der Waals surface area contributed by atoms with E-state index >= 15 is 0 Å². The first kappa shape index (κ1) is 6.01. The number of rotatable bonds is 1.